The SMILES string of the molecule is O=C(NCCC(c1ccccc1)c1ccccc1)C1CCCN(c2ncccn2)C1. The van der Waals surface area contributed by atoms with Crippen molar-refractivity contribution >= 4 is 11.9 Å². The molecule has 0 saturated carbocycles. The van der Waals surface area contributed by atoms with Crippen molar-refractivity contribution in [3.8, 4) is 0 Å². The molecule has 154 valence electrons. The molecule has 0 radical (unpaired) electrons. The number of amides is 1. The maximum Gasteiger partial charge on any atom is 0.225 e. The minimum Gasteiger partial charge on any atom is -0.356 e. The van der Waals surface area contributed by atoms with Gasteiger partial charge in [-0.05, 0) is 36.5 Å². The van der Waals surface area contributed by atoms with Crippen LogP contribution in [-0.2, 0) is 4.79 Å². The molecule has 3 aromatic rings. The van der Waals surface area contributed by atoms with Crippen LogP contribution in [0.1, 0.15) is 36.3 Å². The van der Waals surface area contributed by atoms with Gasteiger partial charge in [0.1, 0.15) is 0 Å². The summed E-state index contributed by atoms with van der Waals surface area (Å²) in [5, 5.41) is 3.19. The molecule has 5 heteroatoms. The number of hydrogen-bond donors (Lipinski definition) is 1. The van der Waals surface area contributed by atoms with Gasteiger partial charge in [0.25, 0.3) is 0 Å². The quantitative estimate of drug-likeness (QED) is 0.651. The summed E-state index contributed by atoms with van der Waals surface area (Å²) in [5.41, 5.74) is 2.56. The van der Waals surface area contributed by atoms with E-state index >= 15 is 0 Å². The Hall–Kier alpha value is -3.21. The molecule has 5 nitrogen and oxygen atoms in total. The molecule has 1 aromatic heterocycles. The zero-order valence-corrected chi connectivity index (χ0v) is 17.2. The second-order valence-corrected chi connectivity index (χ2v) is 7.79. The third-order valence-electron chi connectivity index (χ3n) is 5.76. The first-order chi connectivity index (χ1) is 14.8. The summed E-state index contributed by atoms with van der Waals surface area (Å²) in [4.78, 5) is 23.6. The van der Waals surface area contributed by atoms with Crippen molar-refractivity contribution in [2.45, 2.75) is 25.2 Å². The predicted molar refractivity (Wildman–Crippen MR) is 119 cm³/mol. The van der Waals surface area contributed by atoms with E-state index in [1.54, 1.807) is 12.4 Å². The average molecular weight is 401 g/mol. The first kappa shape index (κ1) is 20.1. The number of carbonyl (C=O) groups is 1. The van der Waals surface area contributed by atoms with Crippen LogP contribution in [0.2, 0.25) is 0 Å². The van der Waals surface area contributed by atoms with Gasteiger partial charge in [0.05, 0.1) is 5.92 Å². The van der Waals surface area contributed by atoms with Crippen LogP contribution < -0.4 is 10.2 Å². The second-order valence-electron chi connectivity index (χ2n) is 7.79. The van der Waals surface area contributed by atoms with Crippen LogP contribution in [-0.4, -0.2) is 35.5 Å². The molecule has 2 aromatic carbocycles. The van der Waals surface area contributed by atoms with Gasteiger partial charge in [0.2, 0.25) is 11.9 Å². The Morgan fingerprint density at radius 3 is 2.23 bits per heavy atom. The molecular formula is C25H28N4O. The van der Waals surface area contributed by atoms with Gasteiger partial charge in [-0.1, -0.05) is 60.7 Å². The van der Waals surface area contributed by atoms with Crippen molar-refractivity contribution in [3.63, 3.8) is 0 Å². The van der Waals surface area contributed by atoms with E-state index in [4.69, 9.17) is 0 Å². The van der Waals surface area contributed by atoms with Crippen molar-refractivity contribution in [2.24, 2.45) is 5.92 Å². The van der Waals surface area contributed by atoms with Gasteiger partial charge in [-0.25, -0.2) is 9.97 Å². The fourth-order valence-corrected chi connectivity index (χ4v) is 4.21. The van der Waals surface area contributed by atoms with Crippen LogP contribution in [0.3, 0.4) is 0 Å². The highest BCUT2D eigenvalue weighted by molar-refractivity contribution is 5.79. The minimum absolute atomic E-state index is 0.0190. The van der Waals surface area contributed by atoms with Crippen molar-refractivity contribution < 1.29 is 4.79 Å². The molecular weight excluding hydrogens is 372 g/mol. The summed E-state index contributed by atoms with van der Waals surface area (Å²) >= 11 is 0. The number of nitrogens with zero attached hydrogens (tertiary/aromatic N) is 3. The van der Waals surface area contributed by atoms with E-state index in [1.807, 2.05) is 18.2 Å². The Bertz CT molecular complexity index is 878. The van der Waals surface area contributed by atoms with Crippen LogP contribution in [0.15, 0.2) is 79.1 Å². The Balaban J connectivity index is 1.35. The number of piperidine rings is 1. The lowest BCUT2D eigenvalue weighted by Gasteiger charge is -2.32. The second kappa shape index (κ2) is 10.0. The number of anilines is 1. The summed E-state index contributed by atoms with van der Waals surface area (Å²) in [7, 11) is 0. The topological polar surface area (TPSA) is 58.1 Å². The van der Waals surface area contributed by atoms with E-state index in [-0.39, 0.29) is 17.7 Å². The van der Waals surface area contributed by atoms with Gasteiger partial charge in [0, 0.05) is 37.9 Å². The summed E-state index contributed by atoms with van der Waals surface area (Å²) < 4.78 is 0. The standard InChI is InChI=1S/C25H28N4O/c30-24(22-13-7-18-29(19-22)25-27-15-8-16-28-25)26-17-14-23(20-9-3-1-4-10-20)21-11-5-2-6-12-21/h1-6,8-12,15-16,22-23H,7,13-14,17-19H2,(H,26,30). The number of carbonyl (C=O) groups excluding carboxylic acids is 1. The molecule has 30 heavy (non-hydrogen) atoms. The van der Waals surface area contributed by atoms with Gasteiger partial charge in [0.15, 0.2) is 0 Å². The third-order valence-corrected chi connectivity index (χ3v) is 5.76. The first-order valence-corrected chi connectivity index (χ1v) is 10.7. The van der Waals surface area contributed by atoms with Crippen LogP contribution in [0.25, 0.3) is 0 Å². The average Bonchev–Trinajstić information content (AvgIpc) is 2.83. The number of hydrogen-bond acceptors (Lipinski definition) is 4. The summed E-state index contributed by atoms with van der Waals surface area (Å²) in [6.07, 6.45) is 6.26. The molecule has 1 fully saturated rings. The summed E-state index contributed by atoms with van der Waals surface area (Å²) in [6.45, 7) is 2.24. The molecule has 1 aliphatic heterocycles. The van der Waals surface area contributed by atoms with Gasteiger partial charge >= 0.3 is 0 Å². The van der Waals surface area contributed by atoms with Crippen molar-refractivity contribution in [1.82, 2.24) is 15.3 Å². The molecule has 0 aliphatic carbocycles. The van der Waals surface area contributed by atoms with E-state index in [0.717, 1.165) is 25.8 Å². The Morgan fingerprint density at radius 2 is 1.60 bits per heavy atom. The normalized spacial score (nSPS) is 16.4. The number of nitrogens with one attached hydrogen (secondary N) is 1. The van der Waals surface area contributed by atoms with Gasteiger partial charge < -0.3 is 10.2 Å². The highest BCUT2D eigenvalue weighted by Gasteiger charge is 2.27. The highest BCUT2D eigenvalue weighted by Crippen LogP contribution is 2.27. The third kappa shape index (κ3) is 5.03. The van der Waals surface area contributed by atoms with Crippen molar-refractivity contribution in [2.75, 3.05) is 24.5 Å². The van der Waals surface area contributed by atoms with Gasteiger partial charge in [-0.2, -0.15) is 0 Å². The Labute approximate surface area is 178 Å². The van der Waals surface area contributed by atoms with Crippen molar-refractivity contribution in [1.29, 1.82) is 0 Å². The molecule has 1 saturated heterocycles. The molecule has 1 amide bonds. The van der Waals surface area contributed by atoms with Crippen molar-refractivity contribution in [3.05, 3.63) is 90.3 Å². The van der Waals surface area contributed by atoms with E-state index in [0.29, 0.717) is 19.0 Å². The fourth-order valence-electron chi connectivity index (χ4n) is 4.21. The molecule has 0 bridgehead atoms. The van der Waals surface area contributed by atoms with E-state index in [9.17, 15) is 4.79 Å². The van der Waals surface area contributed by atoms with Crippen LogP contribution in [0.4, 0.5) is 5.95 Å². The lowest BCUT2D eigenvalue weighted by Crippen LogP contribution is -2.44. The fraction of sp³-hybridized carbons (Fsp3) is 0.320. The number of benzene rings is 2. The number of aromatic nitrogens is 2. The molecule has 1 N–H and O–H groups in total. The van der Waals surface area contributed by atoms with E-state index < -0.39 is 0 Å². The predicted octanol–water partition coefficient (Wildman–Crippen LogP) is 4.03. The van der Waals surface area contributed by atoms with E-state index in [1.165, 1.54) is 11.1 Å². The van der Waals surface area contributed by atoms with Gasteiger partial charge in [-0.15, -0.1) is 0 Å². The first-order valence-electron chi connectivity index (χ1n) is 10.7. The maximum atomic E-state index is 12.9. The Kier molecular flexibility index (Phi) is 6.70. The lowest BCUT2D eigenvalue weighted by molar-refractivity contribution is -0.125. The molecule has 1 unspecified atom stereocenters. The minimum atomic E-state index is -0.0190. The molecule has 0 spiro atoms. The zero-order chi connectivity index (χ0) is 20.6. The summed E-state index contributed by atoms with van der Waals surface area (Å²) in [6, 6.07) is 22.9. The smallest absolute Gasteiger partial charge is 0.225 e. The lowest BCUT2D eigenvalue weighted by atomic mass is 9.88. The zero-order valence-electron chi connectivity index (χ0n) is 17.2. The van der Waals surface area contributed by atoms with E-state index in [2.05, 4.69) is 68.7 Å². The Morgan fingerprint density at radius 1 is 0.967 bits per heavy atom. The summed E-state index contributed by atoms with van der Waals surface area (Å²) in [5.74, 6) is 1.10. The molecule has 4 rings (SSSR count). The monoisotopic (exact) mass is 400 g/mol. The largest absolute Gasteiger partial charge is 0.356 e. The van der Waals surface area contributed by atoms with Crippen LogP contribution in [0, 0.1) is 5.92 Å². The number of rotatable bonds is 7. The molecule has 1 atom stereocenters. The molecule has 1 aliphatic rings. The molecule has 2 heterocycles. The highest BCUT2D eigenvalue weighted by atomic mass is 16.1. The van der Waals surface area contributed by atoms with Crippen LogP contribution >= 0.6 is 0 Å². The maximum absolute atomic E-state index is 12.9. The van der Waals surface area contributed by atoms with Crippen LogP contribution in [0.5, 0.6) is 0 Å². The van der Waals surface area contributed by atoms with Gasteiger partial charge in [-0.3, -0.25) is 4.79 Å².